The second-order valence-electron chi connectivity index (χ2n) is 6.21. The summed E-state index contributed by atoms with van der Waals surface area (Å²) < 4.78 is 5.48. The van der Waals surface area contributed by atoms with Crippen molar-refractivity contribution in [2.75, 3.05) is 13.2 Å². The van der Waals surface area contributed by atoms with E-state index in [0.29, 0.717) is 12.2 Å². The highest BCUT2D eigenvalue weighted by Crippen LogP contribution is 2.22. The first-order chi connectivity index (χ1) is 10.9. The maximum absolute atomic E-state index is 12.4. The van der Waals surface area contributed by atoms with Crippen molar-refractivity contribution in [1.82, 2.24) is 10.2 Å². The Morgan fingerprint density at radius 2 is 1.96 bits per heavy atom. The van der Waals surface area contributed by atoms with Crippen LogP contribution in [0.1, 0.15) is 32.3 Å². The number of carbonyl (C=O) groups excluding carboxylic acids is 2. The van der Waals surface area contributed by atoms with Gasteiger partial charge in [0.25, 0.3) is 5.91 Å². The van der Waals surface area contributed by atoms with Crippen molar-refractivity contribution in [2.24, 2.45) is 0 Å². The number of β-amino-alcohol motifs (C(OH)–C–C–N with tert-alkyl or cyclic N) is 1. The Bertz CT molecular complexity index is 572. The fourth-order valence-corrected chi connectivity index (χ4v) is 2.67. The standard InChI is InChI=1S/C17H24N2O4/c1-4-9-17(3)15(21)19(16(22)18-17)10-13(20)11-23-14-7-5-12(2)6-8-14/h5-8,13,20H,4,9-11H2,1-3H3,(H,18,22)/t13-,17+/m0/s1. The van der Waals surface area contributed by atoms with E-state index in [0.717, 1.165) is 16.9 Å². The molecule has 0 radical (unpaired) electrons. The third kappa shape index (κ3) is 4.01. The summed E-state index contributed by atoms with van der Waals surface area (Å²) >= 11 is 0. The minimum absolute atomic E-state index is 0.0185. The normalized spacial score (nSPS) is 22.2. The maximum atomic E-state index is 12.4. The van der Waals surface area contributed by atoms with Gasteiger partial charge >= 0.3 is 6.03 Å². The SMILES string of the molecule is CCC[C@@]1(C)NC(=O)N(C[C@H](O)COc2ccc(C)cc2)C1=O. The highest BCUT2D eigenvalue weighted by atomic mass is 16.5. The lowest BCUT2D eigenvalue weighted by Gasteiger charge is -2.22. The van der Waals surface area contributed by atoms with E-state index in [1.807, 2.05) is 38.1 Å². The van der Waals surface area contributed by atoms with Crippen LogP contribution in [0.15, 0.2) is 24.3 Å². The van der Waals surface area contributed by atoms with Crippen molar-refractivity contribution >= 4 is 11.9 Å². The average molecular weight is 320 g/mol. The maximum Gasteiger partial charge on any atom is 0.325 e. The molecule has 1 aliphatic rings. The van der Waals surface area contributed by atoms with Gasteiger partial charge < -0.3 is 15.2 Å². The molecular weight excluding hydrogens is 296 g/mol. The predicted molar refractivity (Wildman–Crippen MR) is 86.2 cm³/mol. The summed E-state index contributed by atoms with van der Waals surface area (Å²) in [6.07, 6.45) is 0.425. The number of hydrogen-bond acceptors (Lipinski definition) is 4. The van der Waals surface area contributed by atoms with E-state index in [-0.39, 0.29) is 19.1 Å². The van der Waals surface area contributed by atoms with Gasteiger partial charge in [-0.15, -0.1) is 0 Å². The lowest BCUT2D eigenvalue weighted by atomic mass is 9.96. The molecule has 6 heteroatoms. The zero-order chi connectivity index (χ0) is 17.0. The van der Waals surface area contributed by atoms with Gasteiger partial charge in [0.1, 0.15) is 24.0 Å². The molecule has 1 aromatic rings. The molecule has 0 aliphatic carbocycles. The highest BCUT2D eigenvalue weighted by molar-refractivity contribution is 6.06. The minimum atomic E-state index is -0.935. The summed E-state index contributed by atoms with van der Waals surface area (Å²) in [4.78, 5) is 25.4. The van der Waals surface area contributed by atoms with Crippen LogP contribution in [0.3, 0.4) is 0 Å². The third-order valence-electron chi connectivity index (χ3n) is 3.95. The number of nitrogens with one attached hydrogen (secondary N) is 1. The molecule has 2 atom stereocenters. The number of carbonyl (C=O) groups is 2. The number of benzene rings is 1. The number of amides is 3. The van der Waals surface area contributed by atoms with Crippen LogP contribution in [0.2, 0.25) is 0 Å². The summed E-state index contributed by atoms with van der Waals surface area (Å²) in [7, 11) is 0. The van der Waals surface area contributed by atoms with Gasteiger partial charge in [0.2, 0.25) is 0 Å². The number of aliphatic hydroxyl groups excluding tert-OH is 1. The average Bonchev–Trinajstić information content (AvgIpc) is 2.70. The first-order valence-electron chi connectivity index (χ1n) is 7.87. The Balaban J connectivity index is 1.89. The molecule has 6 nitrogen and oxygen atoms in total. The second-order valence-corrected chi connectivity index (χ2v) is 6.21. The molecule has 23 heavy (non-hydrogen) atoms. The van der Waals surface area contributed by atoms with Gasteiger partial charge in [-0.2, -0.15) is 0 Å². The van der Waals surface area contributed by atoms with Crippen LogP contribution in [0.5, 0.6) is 5.75 Å². The first-order valence-corrected chi connectivity index (χ1v) is 7.87. The van der Waals surface area contributed by atoms with Crippen molar-refractivity contribution in [2.45, 2.75) is 45.3 Å². The lowest BCUT2D eigenvalue weighted by Crippen LogP contribution is -2.44. The van der Waals surface area contributed by atoms with Crippen LogP contribution < -0.4 is 10.1 Å². The van der Waals surface area contributed by atoms with Gasteiger partial charge in [0, 0.05) is 0 Å². The molecule has 3 amide bonds. The molecule has 2 N–H and O–H groups in total. The third-order valence-corrected chi connectivity index (χ3v) is 3.95. The first kappa shape index (κ1) is 17.3. The zero-order valence-electron chi connectivity index (χ0n) is 13.8. The molecule has 0 aromatic heterocycles. The fourth-order valence-electron chi connectivity index (χ4n) is 2.67. The predicted octanol–water partition coefficient (Wildman–Crippen LogP) is 1.85. The monoisotopic (exact) mass is 320 g/mol. The summed E-state index contributed by atoms with van der Waals surface area (Å²) in [5.74, 6) is 0.349. The van der Waals surface area contributed by atoms with E-state index in [4.69, 9.17) is 4.74 Å². The largest absolute Gasteiger partial charge is 0.491 e. The minimum Gasteiger partial charge on any atom is -0.491 e. The van der Waals surface area contributed by atoms with E-state index in [9.17, 15) is 14.7 Å². The molecule has 1 fully saturated rings. The van der Waals surface area contributed by atoms with Crippen molar-refractivity contribution < 1.29 is 19.4 Å². The van der Waals surface area contributed by atoms with Crippen LogP contribution in [-0.4, -0.2) is 46.7 Å². The molecule has 126 valence electrons. The van der Waals surface area contributed by atoms with E-state index >= 15 is 0 Å². The van der Waals surface area contributed by atoms with E-state index in [1.54, 1.807) is 6.92 Å². The lowest BCUT2D eigenvalue weighted by molar-refractivity contribution is -0.132. The van der Waals surface area contributed by atoms with Crippen molar-refractivity contribution in [3.05, 3.63) is 29.8 Å². The van der Waals surface area contributed by atoms with Crippen molar-refractivity contribution in [1.29, 1.82) is 0 Å². The number of urea groups is 1. The van der Waals surface area contributed by atoms with Crippen LogP contribution >= 0.6 is 0 Å². The van der Waals surface area contributed by atoms with Gasteiger partial charge in [-0.1, -0.05) is 31.0 Å². The molecule has 2 rings (SSSR count). The number of aliphatic hydroxyl groups is 1. The Morgan fingerprint density at radius 3 is 2.57 bits per heavy atom. The van der Waals surface area contributed by atoms with Crippen LogP contribution in [0, 0.1) is 6.92 Å². The number of nitrogens with zero attached hydrogens (tertiary/aromatic N) is 1. The summed E-state index contributed by atoms with van der Waals surface area (Å²) in [6.45, 7) is 5.59. The summed E-state index contributed by atoms with van der Waals surface area (Å²) in [5.41, 5.74) is 0.246. The Hall–Kier alpha value is -2.08. The van der Waals surface area contributed by atoms with Crippen LogP contribution in [0.25, 0.3) is 0 Å². The smallest absolute Gasteiger partial charge is 0.325 e. The van der Waals surface area contributed by atoms with Gasteiger partial charge in [0.05, 0.1) is 6.54 Å². The Morgan fingerprint density at radius 1 is 1.30 bits per heavy atom. The number of hydrogen-bond donors (Lipinski definition) is 2. The molecule has 1 aromatic carbocycles. The van der Waals surface area contributed by atoms with Crippen LogP contribution in [-0.2, 0) is 4.79 Å². The molecule has 1 heterocycles. The molecular formula is C17H24N2O4. The molecule has 1 aliphatic heterocycles. The van der Waals surface area contributed by atoms with Gasteiger partial charge in [0.15, 0.2) is 0 Å². The van der Waals surface area contributed by atoms with Crippen molar-refractivity contribution in [3.63, 3.8) is 0 Å². The zero-order valence-corrected chi connectivity index (χ0v) is 13.8. The van der Waals surface area contributed by atoms with Gasteiger partial charge in [-0.25, -0.2) is 4.79 Å². The molecule has 0 saturated carbocycles. The fraction of sp³-hybridized carbons (Fsp3) is 0.529. The van der Waals surface area contributed by atoms with Gasteiger partial charge in [-0.3, -0.25) is 9.69 Å². The number of ether oxygens (including phenoxy) is 1. The summed E-state index contributed by atoms with van der Waals surface area (Å²) in [6, 6.07) is 6.99. The van der Waals surface area contributed by atoms with Crippen molar-refractivity contribution in [3.8, 4) is 5.75 Å². The quantitative estimate of drug-likeness (QED) is 0.752. The van der Waals surface area contributed by atoms with Crippen LogP contribution in [0.4, 0.5) is 4.79 Å². The number of imide groups is 1. The molecule has 0 bridgehead atoms. The van der Waals surface area contributed by atoms with E-state index in [1.165, 1.54) is 0 Å². The Labute approximate surface area is 136 Å². The topological polar surface area (TPSA) is 78.9 Å². The number of rotatable bonds is 7. The van der Waals surface area contributed by atoms with E-state index in [2.05, 4.69) is 5.32 Å². The van der Waals surface area contributed by atoms with Gasteiger partial charge in [-0.05, 0) is 32.4 Å². The highest BCUT2D eigenvalue weighted by Gasteiger charge is 2.47. The molecule has 0 spiro atoms. The van der Waals surface area contributed by atoms with E-state index < -0.39 is 17.7 Å². The molecule has 1 saturated heterocycles. The molecule has 0 unspecified atom stereocenters. The number of aryl methyl sites for hydroxylation is 1. The summed E-state index contributed by atoms with van der Waals surface area (Å²) in [5, 5.41) is 12.8. The Kier molecular flexibility index (Phi) is 5.26. The second kappa shape index (κ2) is 7.00.